The average Bonchev–Trinajstić information content (AvgIpc) is 3.09. The molecule has 0 aromatic heterocycles. The van der Waals surface area contributed by atoms with Crippen molar-refractivity contribution in [1.82, 2.24) is 0 Å². The second-order valence-electron chi connectivity index (χ2n) is 4.64. The SMILES string of the molecule is OC(CCCCc1ccccc1)C1CC1. The molecule has 0 heterocycles. The van der Waals surface area contributed by atoms with E-state index in [-0.39, 0.29) is 6.10 Å². The predicted octanol–water partition coefficient (Wildman–Crippen LogP) is 3.17. The first-order chi connectivity index (χ1) is 7.36. The zero-order valence-electron chi connectivity index (χ0n) is 9.23. The second kappa shape index (κ2) is 5.32. The molecule has 1 N–H and O–H groups in total. The van der Waals surface area contributed by atoms with Crippen LogP contribution in [0.25, 0.3) is 0 Å². The molecule has 1 saturated carbocycles. The summed E-state index contributed by atoms with van der Waals surface area (Å²) in [5.41, 5.74) is 1.42. The van der Waals surface area contributed by atoms with E-state index in [2.05, 4.69) is 30.3 Å². The molecule has 0 amide bonds. The van der Waals surface area contributed by atoms with Gasteiger partial charge in [0.2, 0.25) is 0 Å². The molecule has 0 bridgehead atoms. The zero-order valence-corrected chi connectivity index (χ0v) is 9.23. The van der Waals surface area contributed by atoms with Gasteiger partial charge in [0.1, 0.15) is 0 Å². The lowest BCUT2D eigenvalue weighted by Crippen LogP contribution is -2.08. The lowest BCUT2D eigenvalue weighted by atomic mass is 10.0. The quantitative estimate of drug-likeness (QED) is 0.706. The van der Waals surface area contributed by atoms with Crippen molar-refractivity contribution < 1.29 is 5.11 Å². The van der Waals surface area contributed by atoms with Crippen molar-refractivity contribution in [1.29, 1.82) is 0 Å². The van der Waals surface area contributed by atoms with Crippen LogP contribution in [-0.2, 0) is 6.42 Å². The summed E-state index contributed by atoms with van der Waals surface area (Å²) in [6, 6.07) is 10.6. The van der Waals surface area contributed by atoms with E-state index in [1.807, 2.05) is 0 Å². The van der Waals surface area contributed by atoms with Crippen LogP contribution in [0.1, 0.15) is 37.7 Å². The van der Waals surface area contributed by atoms with Gasteiger partial charge in [0, 0.05) is 0 Å². The number of hydrogen-bond acceptors (Lipinski definition) is 1. The summed E-state index contributed by atoms with van der Waals surface area (Å²) in [5, 5.41) is 9.69. The Morgan fingerprint density at radius 1 is 1.13 bits per heavy atom. The number of hydrogen-bond donors (Lipinski definition) is 1. The van der Waals surface area contributed by atoms with Crippen molar-refractivity contribution in [2.45, 2.75) is 44.6 Å². The van der Waals surface area contributed by atoms with E-state index < -0.39 is 0 Å². The first-order valence-electron chi connectivity index (χ1n) is 6.08. The Bertz CT molecular complexity index is 277. The topological polar surface area (TPSA) is 20.2 Å². The Morgan fingerprint density at radius 2 is 1.87 bits per heavy atom. The van der Waals surface area contributed by atoms with Crippen LogP contribution in [0.2, 0.25) is 0 Å². The minimum atomic E-state index is -0.0132. The van der Waals surface area contributed by atoms with Gasteiger partial charge in [-0.2, -0.15) is 0 Å². The molecule has 1 atom stereocenters. The van der Waals surface area contributed by atoms with E-state index in [0.717, 1.165) is 19.3 Å². The maximum absolute atomic E-state index is 9.69. The van der Waals surface area contributed by atoms with Gasteiger partial charge in [-0.1, -0.05) is 36.8 Å². The van der Waals surface area contributed by atoms with E-state index in [0.29, 0.717) is 5.92 Å². The van der Waals surface area contributed by atoms with Crippen LogP contribution in [0.15, 0.2) is 30.3 Å². The van der Waals surface area contributed by atoms with E-state index in [4.69, 9.17) is 0 Å². The fraction of sp³-hybridized carbons (Fsp3) is 0.571. The van der Waals surface area contributed by atoms with Gasteiger partial charge in [0.25, 0.3) is 0 Å². The van der Waals surface area contributed by atoms with Gasteiger partial charge in [-0.3, -0.25) is 0 Å². The van der Waals surface area contributed by atoms with Crippen molar-refractivity contribution in [3.63, 3.8) is 0 Å². The molecule has 1 nitrogen and oxygen atoms in total. The number of unbranched alkanes of at least 4 members (excludes halogenated alkanes) is 1. The third kappa shape index (κ3) is 3.67. The molecule has 1 unspecified atom stereocenters. The van der Waals surface area contributed by atoms with Gasteiger partial charge in [-0.25, -0.2) is 0 Å². The maximum atomic E-state index is 9.69. The van der Waals surface area contributed by atoms with Gasteiger partial charge < -0.3 is 5.11 Å². The molecule has 2 rings (SSSR count). The normalized spacial score (nSPS) is 17.7. The predicted molar refractivity (Wildman–Crippen MR) is 62.7 cm³/mol. The van der Waals surface area contributed by atoms with Crippen LogP contribution in [-0.4, -0.2) is 11.2 Å². The summed E-state index contributed by atoms with van der Waals surface area (Å²) in [7, 11) is 0. The lowest BCUT2D eigenvalue weighted by molar-refractivity contribution is 0.138. The fourth-order valence-electron chi connectivity index (χ4n) is 2.04. The summed E-state index contributed by atoms with van der Waals surface area (Å²) in [6.45, 7) is 0. The van der Waals surface area contributed by atoms with Crippen LogP contribution in [0.4, 0.5) is 0 Å². The summed E-state index contributed by atoms with van der Waals surface area (Å²) in [4.78, 5) is 0. The minimum absolute atomic E-state index is 0.0132. The summed E-state index contributed by atoms with van der Waals surface area (Å²) < 4.78 is 0. The average molecular weight is 204 g/mol. The molecule has 82 valence electrons. The monoisotopic (exact) mass is 204 g/mol. The Kier molecular flexibility index (Phi) is 3.79. The number of aryl methyl sites for hydroxylation is 1. The Morgan fingerprint density at radius 3 is 2.53 bits per heavy atom. The van der Waals surface area contributed by atoms with E-state index in [1.54, 1.807) is 0 Å². The third-order valence-corrected chi connectivity index (χ3v) is 3.22. The van der Waals surface area contributed by atoms with Crippen LogP contribution in [0, 0.1) is 5.92 Å². The first kappa shape index (κ1) is 10.7. The molecular formula is C14H20O. The zero-order chi connectivity index (χ0) is 10.5. The number of rotatable bonds is 6. The van der Waals surface area contributed by atoms with Gasteiger partial charge >= 0.3 is 0 Å². The molecule has 1 aliphatic rings. The maximum Gasteiger partial charge on any atom is 0.0568 e. The van der Waals surface area contributed by atoms with Crippen LogP contribution in [0.5, 0.6) is 0 Å². The van der Waals surface area contributed by atoms with Crippen molar-refractivity contribution in [2.24, 2.45) is 5.92 Å². The molecular weight excluding hydrogens is 184 g/mol. The number of benzene rings is 1. The van der Waals surface area contributed by atoms with Crippen LogP contribution >= 0.6 is 0 Å². The van der Waals surface area contributed by atoms with Gasteiger partial charge in [0.15, 0.2) is 0 Å². The van der Waals surface area contributed by atoms with Crippen molar-refractivity contribution in [3.05, 3.63) is 35.9 Å². The Hall–Kier alpha value is -0.820. The largest absolute Gasteiger partial charge is 0.393 e. The number of aliphatic hydroxyl groups is 1. The van der Waals surface area contributed by atoms with E-state index in [9.17, 15) is 5.11 Å². The molecule has 0 radical (unpaired) electrons. The van der Waals surface area contributed by atoms with Crippen LogP contribution < -0.4 is 0 Å². The standard InChI is InChI=1S/C14H20O/c15-14(13-10-11-13)9-5-4-8-12-6-2-1-3-7-12/h1-3,6-7,13-15H,4-5,8-11H2. The van der Waals surface area contributed by atoms with Gasteiger partial charge in [-0.05, 0) is 43.6 Å². The lowest BCUT2D eigenvalue weighted by Gasteiger charge is -2.08. The molecule has 1 fully saturated rings. The van der Waals surface area contributed by atoms with Crippen molar-refractivity contribution in [2.75, 3.05) is 0 Å². The van der Waals surface area contributed by atoms with Gasteiger partial charge in [0.05, 0.1) is 6.10 Å². The molecule has 0 spiro atoms. The van der Waals surface area contributed by atoms with Crippen molar-refractivity contribution in [3.8, 4) is 0 Å². The van der Waals surface area contributed by atoms with Crippen molar-refractivity contribution >= 4 is 0 Å². The molecule has 1 heteroatoms. The smallest absolute Gasteiger partial charge is 0.0568 e. The first-order valence-corrected chi connectivity index (χ1v) is 6.08. The molecule has 0 saturated heterocycles. The molecule has 15 heavy (non-hydrogen) atoms. The Labute approximate surface area is 92.1 Å². The summed E-state index contributed by atoms with van der Waals surface area (Å²) in [5.74, 6) is 0.640. The molecule has 0 aliphatic heterocycles. The minimum Gasteiger partial charge on any atom is -0.393 e. The highest BCUT2D eigenvalue weighted by Crippen LogP contribution is 2.34. The molecule has 1 aromatic carbocycles. The van der Waals surface area contributed by atoms with Crippen LogP contribution in [0.3, 0.4) is 0 Å². The molecule has 1 aromatic rings. The van der Waals surface area contributed by atoms with E-state index >= 15 is 0 Å². The highest BCUT2D eigenvalue weighted by atomic mass is 16.3. The van der Waals surface area contributed by atoms with E-state index in [1.165, 1.54) is 24.8 Å². The fourth-order valence-corrected chi connectivity index (χ4v) is 2.04. The summed E-state index contributed by atoms with van der Waals surface area (Å²) >= 11 is 0. The highest BCUT2D eigenvalue weighted by molar-refractivity contribution is 5.14. The highest BCUT2D eigenvalue weighted by Gasteiger charge is 2.28. The third-order valence-electron chi connectivity index (χ3n) is 3.22. The van der Waals surface area contributed by atoms with Gasteiger partial charge in [-0.15, -0.1) is 0 Å². The molecule has 1 aliphatic carbocycles. The Balaban J connectivity index is 1.58. The summed E-state index contributed by atoms with van der Waals surface area (Å²) in [6.07, 6.45) is 7.00. The second-order valence-corrected chi connectivity index (χ2v) is 4.64. The number of aliphatic hydroxyl groups excluding tert-OH is 1.